The first kappa shape index (κ1) is 29.2. The van der Waals surface area contributed by atoms with Gasteiger partial charge in [-0.25, -0.2) is 9.78 Å². The molecule has 0 bridgehead atoms. The molecule has 11 nitrogen and oxygen atoms in total. The van der Waals surface area contributed by atoms with E-state index in [0.29, 0.717) is 35.1 Å². The number of benzene rings is 2. The fourth-order valence-corrected chi connectivity index (χ4v) is 3.73. The molecular formula is C28H36N6O5. The van der Waals surface area contributed by atoms with E-state index in [4.69, 9.17) is 14.2 Å². The van der Waals surface area contributed by atoms with Crippen molar-refractivity contribution < 1.29 is 23.8 Å². The summed E-state index contributed by atoms with van der Waals surface area (Å²) in [7, 11) is 6.34. The summed E-state index contributed by atoms with van der Waals surface area (Å²) < 4.78 is 16.0. The number of carbonyl (C=O) groups is 2. The van der Waals surface area contributed by atoms with Crippen molar-refractivity contribution in [2.45, 2.75) is 13.8 Å². The van der Waals surface area contributed by atoms with E-state index in [1.807, 2.05) is 6.07 Å². The Balaban J connectivity index is 1.69. The normalized spacial score (nSPS) is 10.6. The first-order chi connectivity index (χ1) is 18.8. The van der Waals surface area contributed by atoms with Crippen LogP contribution in [0.25, 0.3) is 0 Å². The van der Waals surface area contributed by atoms with Crippen molar-refractivity contribution in [2.24, 2.45) is 0 Å². The second-order valence-corrected chi connectivity index (χ2v) is 8.64. The van der Waals surface area contributed by atoms with Gasteiger partial charge in [-0.3, -0.25) is 9.69 Å². The van der Waals surface area contributed by atoms with Crippen molar-refractivity contribution in [1.29, 1.82) is 0 Å². The van der Waals surface area contributed by atoms with Crippen LogP contribution in [0.4, 0.5) is 22.2 Å². The molecule has 2 amide bonds. The zero-order valence-electron chi connectivity index (χ0n) is 23.3. The number of nitrogens with one attached hydrogen (secondary N) is 1. The van der Waals surface area contributed by atoms with Gasteiger partial charge >= 0.3 is 6.09 Å². The van der Waals surface area contributed by atoms with Crippen molar-refractivity contribution in [2.75, 3.05) is 64.7 Å². The number of ether oxygens (including phenoxy) is 3. The number of hydrogen-bond acceptors (Lipinski definition) is 9. The van der Waals surface area contributed by atoms with Gasteiger partial charge in [-0.05, 0) is 49.5 Å². The molecule has 39 heavy (non-hydrogen) atoms. The third-order valence-corrected chi connectivity index (χ3v) is 6.18. The predicted molar refractivity (Wildman–Crippen MR) is 150 cm³/mol. The quantitative estimate of drug-likeness (QED) is 0.363. The van der Waals surface area contributed by atoms with Gasteiger partial charge in [0, 0.05) is 50.7 Å². The molecule has 3 aromatic rings. The summed E-state index contributed by atoms with van der Waals surface area (Å²) in [5.41, 5.74) is 1.19. The summed E-state index contributed by atoms with van der Waals surface area (Å²) in [4.78, 5) is 39.7. The summed E-state index contributed by atoms with van der Waals surface area (Å²) >= 11 is 0. The number of aromatic nitrogens is 2. The zero-order chi connectivity index (χ0) is 28.4. The van der Waals surface area contributed by atoms with Crippen LogP contribution < -0.4 is 24.4 Å². The number of anilines is 3. The molecule has 0 spiro atoms. The highest BCUT2D eigenvalue weighted by molar-refractivity contribution is 5.95. The van der Waals surface area contributed by atoms with E-state index in [1.54, 1.807) is 54.4 Å². The fraction of sp³-hybridized carbons (Fsp3) is 0.357. The third-order valence-electron chi connectivity index (χ3n) is 6.18. The minimum atomic E-state index is -0.674. The van der Waals surface area contributed by atoms with Crippen molar-refractivity contribution in [3.05, 3.63) is 60.3 Å². The van der Waals surface area contributed by atoms with E-state index in [2.05, 4.69) is 34.0 Å². The first-order valence-corrected chi connectivity index (χ1v) is 12.6. The Morgan fingerprint density at radius 3 is 2.38 bits per heavy atom. The SMILES string of the molecule is CCN(CC)CCN(C)C(=O)c1cccc(Nc2nccc(N(C)C(=O)Oc3cc(OC)ccc3OC)n2)c1. The van der Waals surface area contributed by atoms with Gasteiger partial charge in [0.25, 0.3) is 5.91 Å². The molecule has 0 saturated heterocycles. The lowest BCUT2D eigenvalue weighted by molar-refractivity contribution is 0.0780. The average Bonchev–Trinajstić information content (AvgIpc) is 2.96. The molecule has 0 unspecified atom stereocenters. The van der Waals surface area contributed by atoms with Crippen LogP contribution in [0, 0.1) is 0 Å². The number of methoxy groups -OCH3 is 2. The van der Waals surface area contributed by atoms with Crippen LogP contribution in [0.2, 0.25) is 0 Å². The Kier molecular flexibility index (Phi) is 10.4. The second kappa shape index (κ2) is 14.0. The molecule has 0 aliphatic carbocycles. The fourth-order valence-electron chi connectivity index (χ4n) is 3.73. The van der Waals surface area contributed by atoms with Crippen LogP contribution in [0.15, 0.2) is 54.7 Å². The van der Waals surface area contributed by atoms with Crippen LogP contribution in [0.1, 0.15) is 24.2 Å². The summed E-state index contributed by atoms with van der Waals surface area (Å²) in [6.45, 7) is 7.55. The lowest BCUT2D eigenvalue weighted by Gasteiger charge is -2.23. The number of nitrogens with zero attached hydrogens (tertiary/aromatic N) is 5. The van der Waals surface area contributed by atoms with Crippen LogP contribution in [-0.2, 0) is 0 Å². The van der Waals surface area contributed by atoms with E-state index in [9.17, 15) is 9.59 Å². The number of likely N-dealkylation sites (N-methyl/N-ethyl adjacent to an activating group) is 2. The first-order valence-electron chi connectivity index (χ1n) is 12.6. The monoisotopic (exact) mass is 536 g/mol. The smallest absolute Gasteiger partial charge is 0.420 e. The van der Waals surface area contributed by atoms with Crippen molar-refractivity contribution >= 4 is 29.5 Å². The molecule has 3 rings (SSSR count). The molecule has 11 heteroatoms. The molecule has 1 heterocycles. The van der Waals surface area contributed by atoms with Gasteiger partial charge in [0.2, 0.25) is 5.95 Å². The highest BCUT2D eigenvalue weighted by atomic mass is 16.6. The molecule has 1 N–H and O–H groups in total. The number of rotatable bonds is 12. The summed E-state index contributed by atoms with van der Waals surface area (Å²) in [6, 6.07) is 13.6. The Hall–Kier alpha value is -4.38. The lowest BCUT2D eigenvalue weighted by atomic mass is 10.1. The van der Waals surface area contributed by atoms with Crippen molar-refractivity contribution in [3.8, 4) is 17.2 Å². The van der Waals surface area contributed by atoms with Gasteiger partial charge in [-0.2, -0.15) is 4.98 Å². The third kappa shape index (κ3) is 7.81. The van der Waals surface area contributed by atoms with Crippen LogP contribution >= 0.6 is 0 Å². The van der Waals surface area contributed by atoms with Crippen molar-refractivity contribution in [3.63, 3.8) is 0 Å². The molecule has 1 aromatic heterocycles. The van der Waals surface area contributed by atoms with Crippen LogP contribution in [0.3, 0.4) is 0 Å². The minimum absolute atomic E-state index is 0.0732. The highest BCUT2D eigenvalue weighted by Gasteiger charge is 2.19. The maximum absolute atomic E-state index is 13.0. The molecule has 0 saturated carbocycles. The molecule has 2 aromatic carbocycles. The molecule has 0 fully saturated rings. The van der Waals surface area contributed by atoms with E-state index in [1.165, 1.54) is 32.4 Å². The standard InChI is InChI=1S/C28H36N6O5/c1-7-34(8-2)17-16-32(3)26(35)20-10-9-11-21(18-20)30-27-29-15-14-25(31-27)33(4)28(36)39-24-19-22(37-5)12-13-23(24)38-6/h9-15,18-19H,7-8,16-17H2,1-6H3,(H,29,30,31). The number of hydrogen-bond donors (Lipinski definition) is 1. The van der Waals surface area contributed by atoms with Gasteiger partial charge in [0.05, 0.1) is 14.2 Å². The molecule has 0 radical (unpaired) electrons. The Morgan fingerprint density at radius 2 is 1.69 bits per heavy atom. The maximum atomic E-state index is 13.0. The van der Waals surface area contributed by atoms with Gasteiger partial charge < -0.3 is 29.3 Å². The topological polar surface area (TPSA) is 109 Å². The number of carbonyl (C=O) groups excluding carboxylic acids is 2. The molecule has 0 aliphatic rings. The summed E-state index contributed by atoms with van der Waals surface area (Å²) in [6.07, 6.45) is 0.850. The molecule has 208 valence electrons. The minimum Gasteiger partial charge on any atom is -0.497 e. The summed E-state index contributed by atoms with van der Waals surface area (Å²) in [5, 5.41) is 3.11. The molecule has 0 aliphatic heterocycles. The maximum Gasteiger partial charge on any atom is 0.420 e. The van der Waals surface area contributed by atoms with Gasteiger partial charge in [0.1, 0.15) is 11.6 Å². The van der Waals surface area contributed by atoms with Gasteiger partial charge in [-0.1, -0.05) is 19.9 Å². The van der Waals surface area contributed by atoms with Crippen molar-refractivity contribution in [1.82, 2.24) is 19.8 Å². The molecule has 0 atom stereocenters. The van der Waals surface area contributed by atoms with E-state index >= 15 is 0 Å². The van der Waals surface area contributed by atoms with Gasteiger partial charge in [0.15, 0.2) is 11.5 Å². The summed E-state index contributed by atoms with van der Waals surface area (Å²) in [5.74, 6) is 1.61. The lowest BCUT2D eigenvalue weighted by Crippen LogP contribution is -2.36. The highest BCUT2D eigenvalue weighted by Crippen LogP contribution is 2.32. The Bertz CT molecular complexity index is 1270. The predicted octanol–water partition coefficient (Wildman–Crippen LogP) is 4.29. The Morgan fingerprint density at radius 1 is 0.923 bits per heavy atom. The number of amides is 2. The van der Waals surface area contributed by atoms with E-state index < -0.39 is 6.09 Å². The van der Waals surface area contributed by atoms with Crippen LogP contribution in [0.5, 0.6) is 17.2 Å². The second-order valence-electron chi connectivity index (χ2n) is 8.64. The zero-order valence-corrected chi connectivity index (χ0v) is 23.3. The molecular weight excluding hydrogens is 500 g/mol. The largest absolute Gasteiger partial charge is 0.497 e. The van der Waals surface area contributed by atoms with Crippen LogP contribution in [-0.4, -0.2) is 86.3 Å². The average molecular weight is 537 g/mol. The van der Waals surface area contributed by atoms with E-state index in [-0.39, 0.29) is 17.6 Å². The van der Waals surface area contributed by atoms with E-state index in [0.717, 1.165) is 19.6 Å². The Labute approximate surface area is 229 Å². The van der Waals surface area contributed by atoms with Gasteiger partial charge in [-0.15, -0.1) is 0 Å².